The van der Waals surface area contributed by atoms with Crippen LogP contribution in [0.15, 0.2) is 35.4 Å². The molecule has 2 atom stereocenters. The van der Waals surface area contributed by atoms with Crippen LogP contribution >= 0.6 is 46.1 Å². The molecule has 3 heterocycles. The van der Waals surface area contributed by atoms with E-state index in [0.29, 0.717) is 10.0 Å². The van der Waals surface area contributed by atoms with Crippen LogP contribution in [0, 0.1) is 0 Å². The van der Waals surface area contributed by atoms with Crippen molar-refractivity contribution in [3.05, 3.63) is 49.6 Å². The Balaban J connectivity index is 1.73. The molecule has 0 saturated carbocycles. The first-order chi connectivity index (χ1) is 12.6. The number of halogens is 3. The maximum Gasteiger partial charge on any atom is 0.210 e. The second-order valence-electron chi connectivity index (χ2n) is 6.39. The Morgan fingerprint density at radius 3 is 2.69 bits per heavy atom. The van der Waals surface area contributed by atoms with Crippen molar-refractivity contribution < 1.29 is 4.79 Å². The third kappa shape index (κ3) is 3.33. The Bertz CT molecular complexity index is 869. The molecule has 2 aliphatic rings. The van der Waals surface area contributed by atoms with Gasteiger partial charge < -0.3 is 4.90 Å². The Morgan fingerprint density at radius 2 is 2.00 bits per heavy atom. The van der Waals surface area contributed by atoms with Crippen molar-refractivity contribution in [2.75, 3.05) is 11.6 Å². The van der Waals surface area contributed by atoms with Crippen LogP contribution in [0.25, 0.3) is 0 Å². The summed E-state index contributed by atoms with van der Waals surface area (Å²) in [6.45, 7) is 0.782. The van der Waals surface area contributed by atoms with Gasteiger partial charge in [-0.25, -0.2) is 0 Å². The molecule has 26 heavy (non-hydrogen) atoms. The molecule has 0 radical (unpaired) electrons. The molecule has 4 nitrogen and oxygen atoms in total. The third-order valence-electron chi connectivity index (χ3n) is 4.83. The summed E-state index contributed by atoms with van der Waals surface area (Å²) in [7, 11) is 0. The molecule has 1 aromatic carbocycles. The van der Waals surface area contributed by atoms with Crippen LogP contribution in [0.4, 0.5) is 5.69 Å². The predicted octanol–water partition coefficient (Wildman–Crippen LogP) is 5.64. The number of hydrazone groups is 1. The number of rotatable bonds is 4. The normalized spacial score (nSPS) is 22.8. The summed E-state index contributed by atoms with van der Waals surface area (Å²) >= 11 is 20.2. The highest BCUT2D eigenvalue weighted by molar-refractivity contribution is 7.16. The lowest BCUT2D eigenvalue weighted by Crippen LogP contribution is -2.34. The van der Waals surface area contributed by atoms with Crippen molar-refractivity contribution in [1.82, 2.24) is 4.90 Å². The van der Waals surface area contributed by atoms with Gasteiger partial charge in [0.25, 0.3) is 0 Å². The van der Waals surface area contributed by atoms with Crippen molar-refractivity contribution in [3.8, 4) is 0 Å². The molecule has 1 saturated heterocycles. The van der Waals surface area contributed by atoms with Crippen molar-refractivity contribution in [2.24, 2.45) is 5.10 Å². The van der Waals surface area contributed by atoms with E-state index in [0.717, 1.165) is 52.8 Å². The van der Waals surface area contributed by atoms with Crippen molar-refractivity contribution >= 4 is 63.9 Å². The van der Waals surface area contributed by atoms with E-state index in [9.17, 15) is 4.79 Å². The van der Waals surface area contributed by atoms with E-state index in [-0.39, 0.29) is 12.1 Å². The molecule has 2 aromatic rings. The fraction of sp³-hybridized carbons (Fsp3) is 0.333. The largest absolute Gasteiger partial charge is 0.337 e. The predicted molar refractivity (Wildman–Crippen MR) is 109 cm³/mol. The Hall–Kier alpha value is -1.27. The first kappa shape index (κ1) is 18.1. The standard InChI is InChI=1S/C18H16Cl3N3OS/c19-11-3-4-14(12(20)8-11)24-16(17-5-6-18(21)26-17)9-13(22-24)15-2-1-7-23(15)10-25/h3-6,8,10,15-16H,1-2,7,9H2. The van der Waals surface area contributed by atoms with E-state index >= 15 is 0 Å². The fourth-order valence-corrected chi connectivity index (χ4v) is 5.27. The third-order valence-corrected chi connectivity index (χ3v) is 6.70. The van der Waals surface area contributed by atoms with Gasteiger partial charge in [0, 0.05) is 22.9 Å². The maximum absolute atomic E-state index is 11.4. The number of carbonyl (C=O) groups is 1. The summed E-state index contributed by atoms with van der Waals surface area (Å²) in [6, 6.07) is 9.40. The summed E-state index contributed by atoms with van der Waals surface area (Å²) < 4.78 is 0.742. The molecule has 1 fully saturated rings. The molecule has 0 spiro atoms. The molecule has 8 heteroatoms. The van der Waals surface area contributed by atoms with Gasteiger partial charge in [0.15, 0.2) is 0 Å². The number of hydrogen-bond acceptors (Lipinski definition) is 4. The van der Waals surface area contributed by atoms with Gasteiger partial charge in [0.05, 0.1) is 32.8 Å². The van der Waals surface area contributed by atoms with Crippen molar-refractivity contribution in [1.29, 1.82) is 0 Å². The molecule has 0 N–H and O–H groups in total. The minimum Gasteiger partial charge on any atom is -0.337 e. The lowest BCUT2D eigenvalue weighted by molar-refractivity contribution is -0.117. The van der Waals surface area contributed by atoms with Gasteiger partial charge in [0.2, 0.25) is 6.41 Å². The van der Waals surface area contributed by atoms with Gasteiger partial charge in [-0.15, -0.1) is 11.3 Å². The number of benzene rings is 1. The van der Waals surface area contributed by atoms with Crippen LogP contribution in [-0.2, 0) is 4.79 Å². The summed E-state index contributed by atoms with van der Waals surface area (Å²) in [4.78, 5) is 14.3. The molecule has 2 aliphatic heterocycles. The molecule has 0 aliphatic carbocycles. The van der Waals surface area contributed by atoms with E-state index in [1.54, 1.807) is 17.4 Å². The lowest BCUT2D eigenvalue weighted by Gasteiger charge is -2.23. The summed E-state index contributed by atoms with van der Waals surface area (Å²) in [5.74, 6) is 0. The Kier molecular flexibility index (Phi) is 5.15. The van der Waals surface area contributed by atoms with Crippen LogP contribution in [0.3, 0.4) is 0 Å². The number of amides is 1. The summed E-state index contributed by atoms with van der Waals surface area (Å²) in [5, 5.41) is 7.96. The van der Waals surface area contributed by atoms with Crippen LogP contribution < -0.4 is 5.01 Å². The first-order valence-electron chi connectivity index (χ1n) is 8.35. The van der Waals surface area contributed by atoms with Crippen LogP contribution in [-0.4, -0.2) is 29.6 Å². The zero-order valence-electron chi connectivity index (χ0n) is 13.7. The number of thiophene rings is 1. The molecule has 4 rings (SSSR count). The SMILES string of the molecule is O=CN1CCCC1C1=NN(c2ccc(Cl)cc2Cl)C(c2ccc(Cl)s2)C1. The summed E-state index contributed by atoms with van der Waals surface area (Å²) in [6.07, 6.45) is 3.61. The van der Waals surface area contributed by atoms with E-state index in [2.05, 4.69) is 0 Å². The molecule has 2 unspecified atom stereocenters. The molecule has 1 aromatic heterocycles. The minimum atomic E-state index is 0.00952. The maximum atomic E-state index is 11.4. The molecule has 0 bridgehead atoms. The highest BCUT2D eigenvalue weighted by Gasteiger charge is 2.37. The van der Waals surface area contributed by atoms with Gasteiger partial charge in [-0.05, 0) is 43.2 Å². The van der Waals surface area contributed by atoms with E-state index in [1.165, 1.54) is 0 Å². The molecule has 136 valence electrons. The lowest BCUT2D eigenvalue weighted by atomic mass is 10.0. The molecular formula is C18H16Cl3N3OS. The van der Waals surface area contributed by atoms with Gasteiger partial charge in [-0.3, -0.25) is 9.80 Å². The first-order valence-corrected chi connectivity index (χ1v) is 10.3. The fourth-order valence-electron chi connectivity index (χ4n) is 3.63. The zero-order valence-corrected chi connectivity index (χ0v) is 16.8. The van der Waals surface area contributed by atoms with Gasteiger partial charge in [-0.2, -0.15) is 5.10 Å². The number of carbonyl (C=O) groups excluding carboxylic acids is 1. The van der Waals surface area contributed by atoms with Crippen molar-refractivity contribution in [3.63, 3.8) is 0 Å². The second kappa shape index (κ2) is 7.39. The number of nitrogens with zero attached hydrogens (tertiary/aromatic N) is 3. The highest BCUT2D eigenvalue weighted by atomic mass is 35.5. The highest BCUT2D eigenvalue weighted by Crippen LogP contribution is 2.43. The quantitative estimate of drug-likeness (QED) is 0.591. The molecule has 1 amide bonds. The number of hydrogen-bond donors (Lipinski definition) is 0. The Labute approximate surface area is 170 Å². The topological polar surface area (TPSA) is 35.9 Å². The zero-order chi connectivity index (χ0) is 18.3. The van der Waals surface area contributed by atoms with Crippen molar-refractivity contribution in [2.45, 2.75) is 31.3 Å². The van der Waals surface area contributed by atoms with E-state index in [1.807, 2.05) is 34.2 Å². The van der Waals surface area contributed by atoms with Crippen LogP contribution in [0.1, 0.15) is 30.2 Å². The Morgan fingerprint density at radius 1 is 1.15 bits per heavy atom. The second-order valence-corrected chi connectivity index (χ2v) is 8.98. The van der Waals surface area contributed by atoms with Gasteiger partial charge in [0.1, 0.15) is 0 Å². The van der Waals surface area contributed by atoms with Crippen LogP contribution in [0.5, 0.6) is 0 Å². The molecular weight excluding hydrogens is 413 g/mol. The van der Waals surface area contributed by atoms with Gasteiger partial charge in [-0.1, -0.05) is 34.8 Å². The monoisotopic (exact) mass is 427 g/mol. The van der Waals surface area contributed by atoms with Crippen LogP contribution in [0.2, 0.25) is 14.4 Å². The van der Waals surface area contributed by atoms with Gasteiger partial charge >= 0.3 is 0 Å². The average molecular weight is 429 g/mol. The average Bonchev–Trinajstić information content (AvgIpc) is 3.32. The van der Waals surface area contributed by atoms with E-state index in [4.69, 9.17) is 39.9 Å². The summed E-state index contributed by atoms with van der Waals surface area (Å²) in [5.41, 5.74) is 1.81. The minimum absolute atomic E-state index is 0.00952. The number of likely N-dealkylation sites (tertiary alicyclic amines) is 1. The van der Waals surface area contributed by atoms with E-state index < -0.39 is 0 Å². The smallest absolute Gasteiger partial charge is 0.210 e. The number of anilines is 1.